The fourth-order valence-corrected chi connectivity index (χ4v) is 1.72. The standard InChI is InChI=1S/C13H15N3O2/c1-7-4-8(2)11(14)6-10(7)13(17)15-12-5-9(3)18-16-12/h4-6H,14H2,1-3H3,(H,15,16,17). The Balaban J connectivity index is 2.26. The van der Waals surface area contributed by atoms with Crippen LogP contribution in [-0.2, 0) is 0 Å². The number of aromatic nitrogens is 1. The quantitative estimate of drug-likeness (QED) is 0.796. The van der Waals surface area contributed by atoms with Gasteiger partial charge in [-0.05, 0) is 38.0 Å². The second-order valence-electron chi connectivity index (χ2n) is 4.30. The Hall–Kier alpha value is -2.30. The third-order valence-electron chi connectivity index (χ3n) is 2.73. The minimum Gasteiger partial charge on any atom is -0.398 e. The largest absolute Gasteiger partial charge is 0.398 e. The van der Waals surface area contributed by atoms with Crippen molar-refractivity contribution in [3.63, 3.8) is 0 Å². The third-order valence-corrected chi connectivity index (χ3v) is 2.73. The molecule has 0 bridgehead atoms. The van der Waals surface area contributed by atoms with Crippen LogP contribution in [0.25, 0.3) is 0 Å². The van der Waals surface area contributed by atoms with Crippen LogP contribution in [0.3, 0.4) is 0 Å². The summed E-state index contributed by atoms with van der Waals surface area (Å²) in [6.45, 7) is 5.54. The van der Waals surface area contributed by atoms with Crippen molar-refractivity contribution in [2.24, 2.45) is 0 Å². The molecule has 3 N–H and O–H groups in total. The van der Waals surface area contributed by atoms with Gasteiger partial charge in [-0.1, -0.05) is 11.2 Å². The second kappa shape index (κ2) is 4.52. The number of nitrogen functional groups attached to an aromatic ring is 1. The number of nitrogens with two attached hydrogens (primary N) is 1. The highest BCUT2D eigenvalue weighted by Crippen LogP contribution is 2.19. The zero-order chi connectivity index (χ0) is 13.3. The van der Waals surface area contributed by atoms with Crippen molar-refractivity contribution < 1.29 is 9.32 Å². The number of anilines is 2. The first-order valence-electron chi connectivity index (χ1n) is 5.59. The van der Waals surface area contributed by atoms with Gasteiger partial charge in [0, 0.05) is 17.3 Å². The van der Waals surface area contributed by atoms with Crippen molar-refractivity contribution in [3.05, 3.63) is 40.6 Å². The summed E-state index contributed by atoms with van der Waals surface area (Å²) in [4.78, 5) is 12.1. The fraction of sp³-hybridized carbons (Fsp3) is 0.231. The van der Waals surface area contributed by atoms with Crippen LogP contribution in [0.1, 0.15) is 27.2 Å². The van der Waals surface area contributed by atoms with Gasteiger partial charge in [0.15, 0.2) is 5.82 Å². The van der Waals surface area contributed by atoms with Gasteiger partial charge in [-0.25, -0.2) is 0 Å². The van der Waals surface area contributed by atoms with E-state index in [2.05, 4.69) is 10.5 Å². The predicted octanol–water partition coefficient (Wildman–Crippen LogP) is 2.43. The molecule has 0 unspecified atom stereocenters. The molecule has 0 aliphatic carbocycles. The highest BCUT2D eigenvalue weighted by molar-refractivity contribution is 6.05. The Kier molecular flexibility index (Phi) is 3.06. The molecule has 2 aromatic rings. The first-order chi connectivity index (χ1) is 8.47. The van der Waals surface area contributed by atoms with Crippen molar-refractivity contribution in [1.29, 1.82) is 0 Å². The summed E-state index contributed by atoms with van der Waals surface area (Å²) in [7, 11) is 0. The number of carbonyl (C=O) groups excluding carboxylic acids is 1. The van der Waals surface area contributed by atoms with Gasteiger partial charge in [-0.3, -0.25) is 4.79 Å². The molecule has 0 atom stereocenters. The van der Waals surface area contributed by atoms with E-state index in [0.29, 0.717) is 22.8 Å². The lowest BCUT2D eigenvalue weighted by Gasteiger charge is -2.08. The lowest BCUT2D eigenvalue weighted by molar-refractivity contribution is 0.102. The lowest BCUT2D eigenvalue weighted by Crippen LogP contribution is -2.14. The van der Waals surface area contributed by atoms with Gasteiger partial charge >= 0.3 is 0 Å². The molecule has 2 rings (SSSR count). The summed E-state index contributed by atoms with van der Waals surface area (Å²) in [6.07, 6.45) is 0. The van der Waals surface area contributed by atoms with Gasteiger partial charge in [0.25, 0.3) is 5.91 Å². The van der Waals surface area contributed by atoms with E-state index in [1.165, 1.54) is 0 Å². The Morgan fingerprint density at radius 2 is 1.94 bits per heavy atom. The molecule has 0 spiro atoms. The lowest BCUT2D eigenvalue weighted by atomic mass is 10.0. The smallest absolute Gasteiger partial charge is 0.257 e. The maximum Gasteiger partial charge on any atom is 0.257 e. The first kappa shape index (κ1) is 12.2. The van der Waals surface area contributed by atoms with Crippen LogP contribution < -0.4 is 11.1 Å². The zero-order valence-corrected chi connectivity index (χ0v) is 10.6. The van der Waals surface area contributed by atoms with Crippen LogP contribution in [0.2, 0.25) is 0 Å². The number of hydrogen-bond acceptors (Lipinski definition) is 4. The summed E-state index contributed by atoms with van der Waals surface area (Å²) in [5, 5.41) is 6.38. The number of aryl methyl sites for hydroxylation is 3. The Morgan fingerprint density at radius 3 is 2.56 bits per heavy atom. The van der Waals surface area contributed by atoms with Crippen molar-refractivity contribution in [3.8, 4) is 0 Å². The molecule has 18 heavy (non-hydrogen) atoms. The number of nitrogens with zero attached hydrogens (tertiary/aromatic N) is 1. The van der Waals surface area contributed by atoms with E-state index in [0.717, 1.165) is 11.1 Å². The topological polar surface area (TPSA) is 81.2 Å². The van der Waals surface area contributed by atoms with Crippen LogP contribution in [-0.4, -0.2) is 11.1 Å². The van der Waals surface area contributed by atoms with Crippen molar-refractivity contribution in [2.45, 2.75) is 20.8 Å². The number of amides is 1. The van der Waals surface area contributed by atoms with Crippen LogP contribution in [0.4, 0.5) is 11.5 Å². The second-order valence-corrected chi connectivity index (χ2v) is 4.30. The normalized spacial score (nSPS) is 10.4. The molecule has 0 aliphatic heterocycles. The predicted molar refractivity (Wildman–Crippen MR) is 69.5 cm³/mol. The van der Waals surface area contributed by atoms with Crippen molar-refractivity contribution in [2.75, 3.05) is 11.1 Å². The maximum atomic E-state index is 12.1. The van der Waals surface area contributed by atoms with Crippen LogP contribution in [0.15, 0.2) is 22.7 Å². The molecule has 5 heteroatoms. The van der Waals surface area contributed by atoms with Gasteiger partial charge < -0.3 is 15.6 Å². The highest BCUT2D eigenvalue weighted by atomic mass is 16.5. The summed E-state index contributed by atoms with van der Waals surface area (Å²) in [5.41, 5.74) is 8.78. The van der Waals surface area contributed by atoms with Crippen molar-refractivity contribution >= 4 is 17.4 Å². The molecule has 0 fully saturated rings. The molecule has 0 saturated heterocycles. The SMILES string of the molecule is Cc1cc(NC(=O)c2cc(N)c(C)cc2C)no1. The highest BCUT2D eigenvalue weighted by Gasteiger charge is 2.12. The van der Waals surface area contributed by atoms with Crippen molar-refractivity contribution in [1.82, 2.24) is 5.16 Å². The molecule has 1 aromatic heterocycles. The number of carbonyl (C=O) groups is 1. The van der Waals surface area contributed by atoms with E-state index in [4.69, 9.17) is 10.3 Å². The number of rotatable bonds is 2. The monoisotopic (exact) mass is 245 g/mol. The molecule has 1 aromatic carbocycles. The van der Waals surface area contributed by atoms with Crippen LogP contribution >= 0.6 is 0 Å². The number of benzene rings is 1. The van der Waals surface area contributed by atoms with Crippen LogP contribution in [0.5, 0.6) is 0 Å². The minimum atomic E-state index is -0.243. The first-order valence-corrected chi connectivity index (χ1v) is 5.59. The van der Waals surface area contributed by atoms with E-state index in [1.807, 2.05) is 19.9 Å². The van der Waals surface area contributed by atoms with E-state index in [1.54, 1.807) is 19.1 Å². The summed E-state index contributed by atoms with van der Waals surface area (Å²) in [5.74, 6) is 0.800. The number of nitrogens with one attached hydrogen (secondary N) is 1. The van der Waals surface area contributed by atoms with Gasteiger partial charge in [0.05, 0.1) is 0 Å². The molecule has 0 aliphatic rings. The molecule has 1 heterocycles. The van der Waals surface area contributed by atoms with Gasteiger partial charge in [0.2, 0.25) is 0 Å². The molecule has 0 saturated carbocycles. The Morgan fingerprint density at radius 1 is 1.22 bits per heavy atom. The van der Waals surface area contributed by atoms with Gasteiger partial charge in [-0.2, -0.15) is 0 Å². The van der Waals surface area contributed by atoms with E-state index in [-0.39, 0.29) is 5.91 Å². The summed E-state index contributed by atoms with van der Waals surface area (Å²) >= 11 is 0. The van der Waals surface area contributed by atoms with Gasteiger partial charge in [0.1, 0.15) is 5.76 Å². The Bertz CT molecular complexity index is 602. The average Bonchev–Trinajstić information content (AvgIpc) is 2.69. The zero-order valence-electron chi connectivity index (χ0n) is 10.6. The molecule has 5 nitrogen and oxygen atoms in total. The van der Waals surface area contributed by atoms with E-state index < -0.39 is 0 Å². The minimum absolute atomic E-state index is 0.243. The van der Waals surface area contributed by atoms with E-state index >= 15 is 0 Å². The summed E-state index contributed by atoms with van der Waals surface area (Å²) in [6, 6.07) is 5.22. The van der Waals surface area contributed by atoms with E-state index in [9.17, 15) is 4.79 Å². The summed E-state index contributed by atoms with van der Waals surface area (Å²) < 4.78 is 4.88. The van der Waals surface area contributed by atoms with Crippen LogP contribution in [0, 0.1) is 20.8 Å². The van der Waals surface area contributed by atoms with Gasteiger partial charge in [-0.15, -0.1) is 0 Å². The average molecular weight is 245 g/mol. The molecular formula is C13H15N3O2. The molecule has 0 radical (unpaired) electrons. The molecular weight excluding hydrogens is 230 g/mol. The third kappa shape index (κ3) is 2.34. The fourth-order valence-electron chi connectivity index (χ4n) is 1.72. The Labute approximate surface area is 105 Å². The molecule has 1 amide bonds. The number of hydrogen-bond donors (Lipinski definition) is 2. The maximum absolute atomic E-state index is 12.1. The molecule has 94 valence electrons.